The Morgan fingerprint density at radius 2 is 2.20 bits per heavy atom. The number of rotatable bonds is 6. The molecule has 0 spiro atoms. The summed E-state index contributed by atoms with van der Waals surface area (Å²) in [6.07, 6.45) is 0.467. The van der Waals surface area contributed by atoms with Crippen molar-refractivity contribution in [3.05, 3.63) is 32.4 Å². The fourth-order valence-electron chi connectivity index (χ4n) is 1.66. The van der Waals surface area contributed by atoms with Crippen molar-refractivity contribution in [1.29, 1.82) is 0 Å². The van der Waals surface area contributed by atoms with Crippen LogP contribution in [0.15, 0.2) is 21.2 Å². The quantitative estimate of drug-likeness (QED) is 0.840. The number of sulfonamides is 1. The van der Waals surface area contributed by atoms with Crippen molar-refractivity contribution in [3.63, 3.8) is 0 Å². The van der Waals surface area contributed by atoms with E-state index in [4.69, 9.17) is 5.11 Å². The largest absolute Gasteiger partial charge is 0.477 e. The van der Waals surface area contributed by atoms with Crippen LogP contribution in [0.1, 0.15) is 20.9 Å². The van der Waals surface area contributed by atoms with Gasteiger partial charge in [-0.05, 0) is 17.9 Å². The van der Waals surface area contributed by atoms with E-state index in [1.165, 1.54) is 16.7 Å². The minimum atomic E-state index is -3.82. The molecule has 108 valence electrons. The van der Waals surface area contributed by atoms with Gasteiger partial charge in [0.2, 0.25) is 10.0 Å². The van der Waals surface area contributed by atoms with Crippen LogP contribution >= 0.6 is 22.7 Å². The fraction of sp³-hybridized carbons (Fsp3) is 0.273. The van der Waals surface area contributed by atoms with E-state index in [2.05, 4.69) is 9.71 Å². The molecule has 2 aromatic heterocycles. The Kier molecular flexibility index (Phi) is 4.53. The molecule has 0 saturated carbocycles. The molecule has 0 saturated heterocycles. The summed E-state index contributed by atoms with van der Waals surface area (Å²) in [4.78, 5) is 14.8. The van der Waals surface area contributed by atoms with Gasteiger partial charge < -0.3 is 5.11 Å². The second kappa shape index (κ2) is 6.00. The van der Waals surface area contributed by atoms with Gasteiger partial charge in [-0.3, -0.25) is 0 Å². The molecule has 0 atom stereocenters. The SMILES string of the molecule is Cc1csc(C(=O)O)c1S(=O)(=O)NCCc1cscn1. The molecule has 0 unspecified atom stereocenters. The Balaban J connectivity index is 2.14. The number of nitrogens with one attached hydrogen (secondary N) is 1. The summed E-state index contributed by atoms with van der Waals surface area (Å²) in [5.41, 5.74) is 2.92. The van der Waals surface area contributed by atoms with Gasteiger partial charge in [0, 0.05) is 18.3 Å². The molecule has 6 nitrogen and oxygen atoms in total. The van der Waals surface area contributed by atoms with Gasteiger partial charge in [-0.25, -0.2) is 22.9 Å². The third kappa shape index (κ3) is 3.23. The molecule has 20 heavy (non-hydrogen) atoms. The van der Waals surface area contributed by atoms with Gasteiger partial charge >= 0.3 is 5.97 Å². The van der Waals surface area contributed by atoms with Gasteiger partial charge in [-0.2, -0.15) is 0 Å². The van der Waals surface area contributed by atoms with Gasteiger partial charge in [-0.15, -0.1) is 22.7 Å². The molecular weight excluding hydrogens is 320 g/mol. The number of carbonyl (C=O) groups is 1. The maximum absolute atomic E-state index is 12.2. The van der Waals surface area contributed by atoms with Crippen LogP contribution in [0.3, 0.4) is 0 Å². The molecule has 9 heteroatoms. The molecule has 0 bridgehead atoms. The summed E-state index contributed by atoms with van der Waals surface area (Å²) in [5, 5.41) is 12.4. The summed E-state index contributed by atoms with van der Waals surface area (Å²) in [6, 6.07) is 0. The Hall–Kier alpha value is -1.29. The number of hydrogen-bond acceptors (Lipinski definition) is 6. The number of thiophene rings is 1. The maximum atomic E-state index is 12.2. The highest BCUT2D eigenvalue weighted by atomic mass is 32.2. The lowest BCUT2D eigenvalue weighted by Gasteiger charge is -2.07. The van der Waals surface area contributed by atoms with Crippen molar-refractivity contribution in [2.75, 3.05) is 6.54 Å². The van der Waals surface area contributed by atoms with Crippen LogP contribution in [0.4, 0.5) is 0 Å². The second-order valence-corrected chi connectivity index (χ2v) is 7.31. The van der Waals surface area contributed by atoms with Gasteiger partial charge in [0.15, 0.2) is 0 Å². The van der Waals surface area contributed by atoms with E-state index in [0.717, 1.165) is 17.0 Å². The van der Waals surface area contributed by atoms with Crippen molar-refractivity contribution < 1.29 is 18.3 Å². The zero-order chi connectivity index (χ0) is 14.8. The normalized spacial score (nSPS) is 11.7. The standard InChI is InChI=1S/C11H12N2O4S3/c1-7-4-19-9(11(14)15)10(7)20(16,17)13-3-2-8-5-18-6-12-8/h4-6,13H,2-3H2,1H3,(H,14,15). The van der Waals surface area contributed by atoms with Crippen LogP contribution in [-0.2, 0) is 16.4 Å². The molecule has 2 heterocycles. The van der Waals surface area contributed by atoms with Crippen molar-refractivity contribution in [3.8, 4) is 0 Å². The van der Waals surface area contributed by atoms with Gasteiger partial charge in [-0.1, -0.05) is 0 Å². The van der Waals surface area contributed by atoms with E-state index in [1.54, 1.807) is 12.4 Å². The molecule has 0 aliphatic carbocycles. The first-order chi connectivity index (χ1) is 9.42. The minimum Gasteiger partial charge on any atom is -0.477 e. The number of thiazole rings is 1. The lowest BCUT2D eigenvalue weighted by molar-refractivity contribution is 0.0698. The summed E-state index contributed by atoms with van der Waals surface area (Å²) in [6.45, 7) is 1.76. The van der Waals surface area contributed by atoms with Crippen molar-refractivity contribution in [1.82, 2.24) is 9.71 Å². The zero-order valence-electron chi connectivity index (χ0n) is 10.5. The molecule has 2 aromatic rings. The van der Waals surface area contributed by atoms with Crippen molar-refractivity contribution in [2.45, 2.75) is 18.2 Å². The fourth-order valence-corrected chi connectivity index (χ4v) is 4.91. The molecule has 0 fully saturated rings. The highest BCUT2D eigenvalue weighted by molar-refractivity contribution is 7.89. The predicted octanol–water partition coefficient (Wildman–Crippen LogP) is 1.73. The van der Waals surface area contributed by atoms with E-state index >= 15 is 0 Å². The van der Waals surface area contributed by atoms with Crippen LogP contribution in [-0.4, -0.2) is 31.0 Å². The Morgan fingerprint density at radius 3 is 2.80 bits per heavy atom. The Labute approximate surface area is 124 Å². The third-order valence-corrected chi connectivity index (χ3v) is 6.04. The van der Waals surface area contributed by atoms with Crippen LogP contribution in [0.5, 0.6) is 0 Å². The monoisotopic (exact) mass is 332 g/mol. The lowest BCUT2D eigenvalue weighted by Crippen LogP contribution is -2.27. The molecule has 0 aromatic carbocycles. The first kappa shape index (κ1) is 15.1. The molecular formula is C11H12N2O4S3. The lowest BCUT2D eigenvalue weighted by atomic mass is 10.3. The summed E-state index contributed by atoms with van der Waals surface area (Å²) >= 11 is 2.35. The summed E-state index contributed by atoms with van der Waals surface area (Å²) in [7, 11) is -3.82. The summed E-state index contributed by atoms with van der Waals surface area (Å²) in [5.74, 6) is -1.23. The molecule has 0 amide bonds. The van der Waals surface area contributed by atoms with Crippen LogP contribution in [0, 0.1) is 6.92 Å². The number of aromatic carboxylic acids is 1. The van der Waals surface area contributed by atoms with E-state index in [9.17, 15) is 13.2 Å². The summed E-state index contributed by atoms with van der Waals surface area (Å²) < 4.78 is 26.8. The second-order valence-electron chi connectivity index (χ2n) is 4.01. The topological polar surface area (TPSA) is 96.4 Å². The van der Waals surface area contributed by atoms with E-state index in [-0.39, 0.29) is 16.3 Å². The number of hydrogen-bond donors (Lipinski definition) is 2. The van der Waals surface area contributed by atoms with Crippen LogP contribution in [0.2, 0.25) is 0 Å². The smallest absolute Gasteiger partial charge is 0.347 e. The molecule has 2 rings (SSSR count). The average Bonchev–Trinajstić information content (AvgIpc) is 2.98. The maximum Gasteiger partial charge on any atom is 0.347 e. The highest BCUT2D eigenvalue weighted by Crippen LogP contribution is 2.26. The van der Waals surface area contributed by atoms with E-state index < -0.39 is 16.0 Å². The van der Waals surface area contributed by atoms with Crippen LogP contribution in [0.25, 0.3) is 0 Å². The van der Waals surface area contributed by atoms with E-state index in [0.29, 0.717) is 12.0 Å². The molecule has 0 aliphatic heterocycles. The Morgan fingerprint density at radius 1 is 1.45 bits per heavy atom. The van der Waals surface area contributed by atoms with Gasteiger partial charge in [0.05, 0.1) is 11.2 Å². The highest BCUT2D eigenvalue weighted by Gasteiger charge is 2.26. The third-order valence-electron chi connectivity index (χ3n) is 2.54. The van der Waals surface area contributed by atoms with Gasteiger partial charge in [0.1, 0.15) is 9.77 Å². The predicted molar refractivity (Wildman–Crippen MR) is 77.0 cm³/mol. The minimum absolute atomic E-state index is 0.145. The molecule has 0 aliphatic rings. The first-order valence-electron chi connectivity index (χ1n) is 5.60. The Bertz CT molecular complexity index is 704. The first-order valence-corrected chi connectivity index (χ1v) is 8.90. The van der Waals surface area contributed by atoms with Crippen molar-refractivity contribution in [2.24, 2.45) is 0 Å². The number of aromatic nitrogens is 1. The van der Waals surface area contributed by atoms with Gasteiger partial charge in [0.25, 0.3) is 0 Å². The zero-order valence-corrected chi connectivity index (χ0v) is 12.9. The number of carboxylic acids is 1. The van der Waals surface area contributed by atoms with E-state index in [1.807, 2.05) is 5.38 Å². The number of carboxylic acid groups (broad SMARTS) is 1. The number of aryl methyl sites for hydroxylation is 1. The molecule has 0 radical (unpaired) electrons. The molecule has 2 N–H and O–H groups in total. The number of nitrogens with zero attached hydrogens (tertiary/aromatic N) is 1. The van der Waals surface area contributed by atoms with Crippen LogP contribution < -0.4 is 4.72 Å². The van der Waals surface area contributed by atoms with Crippen molar-refractivity contribution >= 4 is 38.7 Å². The average molecular weight is 332 g/mol.